The van der Waals surface area contributed by atoms with Crippen LogP contribution in [0.5, 0.6) is 0 Å². The lowest BCUT2D eigenvalue weighted by Crippen LogP contribution is -2.20. The molecule has 0 aliphatic rings. The van der Waals surface area contributed by atoms with Gasteiger partial charge in [-0.3, -0.25) is 0 Å². The van der Waals surface area contributed by atoms with E-state index in [4.69, 9.17) is 4.74 Å². The molecule has 86 valence electrons. The van der Waals surface area contributed by atoms with Gasteiger partial charge in [-0.2, -0.15) is 0 Å². The van der Waals surface area contributed by atoms with Crippen molar-refractivity contribution in [2.24, 2.45) is 5.92 Å². The largest absolute Gasteiger partial charge is 0.380 e. The topological polar surface area (TPSA) is 49.9 Å². The first-order valence-electron chi connectivity index (χ1n) is 5.47. The first kappa shape index (κ1) is 12.2. The van der Waals surface area contributed by atoms with Crippen LogP contribution in [0.2, 0.25) is 0 Å². The summed E-state index contributed by atoms with van der Waals surface area (Å²) in [7, 11) is 0. The van der Waals surface area contributed by atoms with E-state index in [2.05, 4.69) is 29.1 Å². The van der Waals surface area contributed by atoms with E-state index in [9.17, 15) is 0 Å². The summed E-state index contributed by atoms with van der Waals surface area (Å²) in [4.78, 5) is 7.26. The lowest BCUT2D eigenvalue weighted by atomic mass is 10.2. The van der Waals surface area contributed by atoms with Crippen molar-refractivity contribution in [2.75, 3.05) is 19.8 Å². The fourth-order valence-corrected chi connectivity index (χ4v) is 1.24. The van der Waals surface area contributed by atoms with Gasteiger partial charge in [-0.15, -0.1) is 0 Å². The standard InChI is InChI=1S/C11H21N3O/c1-9(2)7-15-5-4-12-6-11-10(3)13-8-14-11/h8-9,12H,4-7H2,1-3H3,(H,13,14). The summed E-state index contributed by atoms with van der Waals surface area (Å²) in [6.07, 6.45) is 1.72. The van der Waals surface area contributed by atoms with Crippen LogP contribution in [0.4, 0.5) is 0 Å². The molecular formula is C11H21N3O. The number of H-pyrrole nitrogens is 1. The molecule has 0 aliphatic heterocycles. The number of nitrogens with one attached hydrogen (secondary N) is 2. The van der Waals surface area contributed by atoms with E-state index in [0.29, 0.717) is 5.92 Å². The van der Waals surface area contributed by atoms with Gasteiger partial charge in [-0.1, -0.05) is 13.8 Å². The number of aryl methyl sites for hydroxylation is 1. The van der Waals surface area contributed by atoms with Crippen LogP contribution in [-0.4, -0.2) is 29.7 Å². The maximum atomic E-state index is 5.45. The SMILES string of the molecule is Cc1[nH]cnc1CNCCOCC(C)C. The monoisotopic (exact) mass is 211 g/mol. The summed E-state index contributed by atoms with van der Waals surface area (Å²) in [6.45, 7) is 9.62. The molecule has 4 nitrogen and oxygen atoms in total. The lowest BCUT2D eigenvalue weighted by molar-refractivity contribution is 0.111. The zero-order chi connectivity index (χ0) is 11.1. The Hall–Kier alpha value is -0.870. The molecule has 0 bridgehead atoms. The molecule has 15 heavy (non-hydrogen) atoms. The van der Waals surface area contributed by atoms with Crippen molar-refractivity contribution in [1.29, 1.82) is 0 Å². The first-order chi connectivity index (χ1) is 7.20. The van der Waals surface area contributed by atoms with Crippen LogP contribution in [0, 0.1) is 12.8 Å². The molecule has 0 unspecified atom stereocenters. The van der Waals surface area contributed by atoms with Crippen molar-refractivity contribution >= 4 is 0 Å². The molecule has 0 fully saturated rings. The number of nitrogens with zero attached hydrogens (tertiary/aromatic N) is 1. The number of hydrogen-bond donors (Lipinski definition) is 2. The van der Waals surface area contributed by atoms with Crippen LogP contribution in [0.1, 0.15) is 25.2 Å². The van der Waals surface area contributed by atoms with E-state index in [1.54, 1.807) is 6.33 Å². The molecule has 0 amide bonds. The minimum absolute atomic E-state index is 0.610. The van der Waals surface area contributed by atoms with Crippen LogP contribution in [0.15, 0.2) is 6.33 Å². The summed E-state index contributed by atoms with van der Waals surface area (Å²) >= 11 is 0. The van der Waals surface area contributed by atoms with Crippen molar-refractivity contribution in [2.45, 2.75) is 27.3 Å². The Labute approximate surface area is 91.4 Å². The molecule has 0 radical (unpaired) electrons. The number of rotatable bonds is 7. The predicted molar refractivity (Wildman–Crippen MR) is 60.7 cm³/mol. The van der Waals surface area contributed by atoms with Crippen LogP contribution in [0.3, 0.4) is 0 Å². The minimum atomic E-state index is 0.610. The number of hydrogen-bond acceptors (Lipinski definition) is 3. The molecular weight excluding hydrogens is 190 g/mol. The van der Waals surface area contributed by atoms with Crippen molar-refractivity contribution in [3.63, 3.8) is 0 Å². The summed E-state index contributed by atoms with van der Waals surface area (Å²) in [5.41, 5.74) is 2.21. The highest BCUT2D eigenvalue weighted by Gasteiger charge is 1.99. The molecule has 0 spiro atoms. The van der Waals surface area contributed by atoms with Gasteiger partial charge in [0.15, 0.2) is 0 Å². The quantitative estimate of drug-likeness (QED) is 0.672. The van der Waals surface area contributed by atoms with Crippen LogP contribution in [0.25, 0.3) is 0 Å². The predicted octanol–water partition coefficient (Wildman–Crippen LogP) is 1.48. The molecule has 4 heteroatoms. The Morgan fingerprint density at radius 3 is 2.93 bits per heavy atom. The minimum Gasteiger partial charge on any atom is -0.380 e. The molecule has 0 aromatic carbocycles. The Bertz CT molecular complexity index is 271. The van der Waals surface area contributed by atoms with E-state index in [1.165, 1.54) is 0 Å². The average Bonchev–Trinajstić information content (AvgIpc) is 2.57. The third kappa shape index (κ3) is 4.95. The third-order valence-electron chi connectivity index (χ3n) is 2.10. The molecule has 0 saturated carbocycles. The normalized spacial score (nSPS) is 11.2. The van der Waals surface area contributed by atoms with E-state index in [-0.39, 0.29) is 0 Å². The van der Waals surface area contributed by atoms with Crippen molar-refractivity contribution < 1.29 is 4.74 Å². The summed E-state index contributed by atoms with van der Waals surface area (Å²) < 4.78 is 5.45. The third-order valence-corrected chi connectivity index (χ3v) is 2.10. The fraction of sp³-hybridized carbons (Fsp3) is 0.727. The van der Waals surface area contributed by atoms with Crippen LogP contribution in [-0.2, 0) is 11.3 Å². The van der Waals surface area contributed by atoms with Crippen molar-refractivity contribution in [3.8, 4) is 0 Å². The van der Waals surface area contributed by atoms with Gasteiger partial charge in [0.25, 0.3) is 0 Å². The zero-order valence-corrected chi connectivity index (χ0v) is 9.84. The van der Waals surface area contributed by atoms with E-state index >= 15 is 0 Å². The second-order valence-corrected chi connectivity index (χ2v) is 4.12. The number of ether oxygens (including phenoxy) is 1. The van der Waals surface area contributed by atoms with Gasteiger partial charge < -0.3 is 15.0 Å². The zero-order valence-electron chi connectivity index (χ0n) is 9.84. The highest BCUT2D eigenvalue weighted by Crippen LogP contribution is 1.98. The van der Waals surface area contributed by atoms with Crippen LogP contribution >= 0.6 is 0 Å². The molecule has 1 rings (SSSR count). The average molecular weight is 211 g/mol. The summed E-state index contributed by atoms with van der Waals surface area (Å²) in [6, 6.07) is 0. The number of aromatic nitrogens is 2. The highest BCUT2D eigenvalue weighted by atomic mass is 16.5. The molecule has 1 aromatic rings. The van der Waals surface area contributed by atoms with Gasteiger partial charge in [-0.25, -0.2) is 4.98 Å². The van der Waals surface area contributed by atoms with Crippen molar-refractivity contribution in [1.82, 2.24) is 15.3 Å². The van der Waals surface area contributed by atoms with Gasteiger partial charge >= 0.3 is 0 Å². The molecule has 0 aliphatic carbocycles. The second-order valence-electron chi connectivity index (χ2n) is 4.12. The van der Waals surface area contributed by atoms with Gasteiger partial charge in [-0.05, 0) is 12.8 Å². The lowest BCUT2D eigenvalue weighted by Gasteiger charge is -2.07. The van der Waals surface area contributed by atoms with E-state index < -0.39 is 0 Å². The second kappa shape index (κ2) is 6.58. The van der Waals surface area contributed by atoms with Gasteiger partial charge in [0.05, 0.1) is 18.6 Å². The molecule has 1 aromatic heterocycles. The molecule has 0 atom stereocenters. The van der Waals surface area contributed by atoms with E-state index in [1.807, 2.05) is 6.92 Å². The summed E-state index contributed by atoms with van der Waals surface area (Å²) in [5, 5.41) is 3.29. The molecule has 2 N–H and O–H groups in total. The number of imidazole rings is 1. The Morgan fingerprint density at radius 1 is 1.53 bits per heavy atom. The Morgan fingerprint density at radius 2 is 2.33 bits per heavy atom. The molecule has 0 saturated heterocycles. The molecule has 1 heterocycles. The Kier molecular flexibility index (Phi) is 5.36. The van der Waals surface area contributed by atoms with Crippen LogP contribution < -0.4 is 5.32 Å². The van der Waals surface area contributed by atoms with Gasteiger partial charge in [0, 0.05) is 25.4 Å². The Balaban J connectivity index is 2.00. The smallest absolute Gasteiger partial charge is 0.0925 e. The van der Waals surface area contributed by atoms with E-state index in [0.717, 1.165) is 37.7 Å². The maximum absolute atomic E-state index is 5.45. The van der Waals surface area contributed by atoms with Crippen molar-refractivity contribution in [3.05, 3.63) is 17.7 Å². The highest BCUT2D eigenvalue weighted by molar-refractivity contribution is 5.07. The maximum Gasteiger partial charge on any atom is 0.0925 e. The van der Waals surface area contributed by atoms with Gasteiger partial charge in [0.2, 0.25) is 0 Å². The number of aromatic amines is 1. The van der Waals surface area contributed by atoms with Gasteiger partial charge in [0.1, 0.15) is 0 Å². The summed E-state index contributed by atoms with van der Waals surface area (Å²) in [5.74, 6) is 0.610. The first-order valence-corrected chi connectivity index (χ1v) is 5.47. The fourth-order valence-electron chi connectivity index (χ4n) is 1.24.